The molecule has 0 N–H and O–H groups in total. The number of rotatable bonds is 8. The summed E-state index contributed by atoms with van der Waals surface area (Å²) in [6.07, 6.45) is 0. The van der Waals surface area contributed by atoms with Gasteiger partial charge in [-0.05, 0) is 122 Å². The Hall–Kier alpha value is -8.72. The molecule has 1 heterocycles. The third-order valence-electron chi connectivity index (χ3n) is 14.1. The highest BCUT2D eigenvalue weighted by atomic mass is 15.1. The summed E-state index contributed by atoms with van der Waals surface area (Å²) in [7, 11) is 0. The van der Waals surface area contributed by atoms with E-state index < -0.39 is 5.41 Å². The van der Waals surface area contributed by atoms with E-state index in [2.05, 4.69) is 276 Å². The Bertz CT molecular complexity index is 3750. The lowest BCUT2D eigenvalue weighted by Crippen LogP contribution is -2.28. The maximum Gasteiger partial charge on any atom is 0.0714 e. The minimum absolute atomic E-state index is 0.508. The Balaban J connectivity index is 0.942. The van der Waals surface area contributed by atoms with Crippen molar-refractivity contribution in [2.45, 2.75) is 5.41 Å². The van der Waals surface area contributed by atoms with Gasteiger partial charge in [-0.1, -0.05) is 206 Å². The van der Waals surface area contributed by atoms with E-state index in [4.69, 9.17) is 0 Å². The summed E-state index contributed by atoms with van der Waals surface area (Å²) >= 11 is 0. The SMILES string of the molecule is c1ccc(-n2c3ccccc3c3ccc(-c4cccc(-c5ccc(N(c6ccc7c(c6)C(c6ccccc6)(c6ccccc6)c6ccccc6-7)c6cccc7ccccc67)cc5)c4)cc32)cc1. The van der Waals surface area contributed by atoms with Crippen LogP contribution in [0.4, 0.5) is 17.1 Å². The maximum atomic E-state index is 2.46. The van der Waals surface area contributed by atoms with Gasteiger partial charge in [0.05, 0.1) is 22.1 Å². The van der Waals surface area contributed by atoms with E-state index in [9.17, 15) is 0 Å². The molecule has 67 heavy (non-hydrogen) atoms. The van der Waals surface area contributed by atoms with Crippen molar-refractivity contribution in [1.82, 2.24) is 4.57 Å². The molecule has 0 saturated carbocycles. The van der Waals surface area contributed by atoms with Gasteiger partial charge in [-0.25, -0.2) is 0 Å². The Morgan fingerprint density at radius 3 is 1.64 bits per heavy atom. The van der Waals surface area contributed by atoms with Crippen molar-refractivity contribution in [3.63, 3.8) is 0 Å². The summed E-state index contributed by atoms with van der Waals surface area (Å²) in [6, 6.07) is 98.1. The molecule has 13 rings (SSSR count). The zero-order valence-corrected chi connectivity index (χ0v) is 36.8. The normalized spacial score (nSPS) is 12.6. The van der Waals surface area contributed by atoms with Gasteiger partial charge in [-0.3, -0.25) is 0 Å². The molecule has 0 amide bonds. The lowest BCUT2D eigenvalue weighted by atomic mass is 9.67. The molecule has 0 aliphatic heterocycles. The molecule has 12 aromatic rings. The van der Waals surface area contributed by atoms with Crippen LogP contribution < -0.4 is 4.90 Å². The minimum atomic E-state index is -0.508. The van der Waals surface area contributed by atoms with Gasteiger partial charge in [0.1, 0.15) is 0 Å². The Kier molecular flexibility index (Phi) is 9.11. The number of aromatic nitrogens is 1. The highest BCUT2D eigenvalue weighted by molar-refractivity contribution is 6.10. The van der Waals surface area contributed by atoms with Crippen molar-refractivity contribution in [3.8, 4) is 39.1 Å². The molecule has 0 radical (unpaired) electrons. The molecule has 0 unspecified atom stereocenters. The van der Waals surface area contributed by atoms with Crippen LogP contribution >= 0.6 is 0 Å². The maximum absolute atomic E-state index is 2.46. The van der Waals surface area contributed by atoms with E-state index in [-0.39, 0.29) is 0 Å². The van der Waals surface area contributed by atoms with Crippen molar-refractivity contribution in [3.05, 3.63) is 289 Å². The van der Waals surface area contributed by atoms with Gasteiger partial charge < -0.3 is 9.47 Å². The first-order valence-corrected chi connectivity index (χ1v) is 23.2. The first kappa shape index (κ1) is 38.7. The number of anilines is 3. The lowest BCUT2D eigenvalue weighted by Gasteiger charge is -2.35. The van der Waals surface area contributed by atoms with E-state index in [1.807, 2.05) is 0 Å². The number of para-hydroxylation sites is 2. The Labute approximate surface area is 390 Å². The molecule has 1 aromatic heterocycles. The highest BCUT2D eigenvalue weighted by Gasteiger charge is 2.46. The van der Waals surface area contributed by atoms with Crippen molar-refractivity contribution in [2.75, 3.05) is 4.90 Å². The summed E-state index contributed by atoms with van der Waals surface area (Å²) in [5.74, 6) is 0. The predicted molar refractivity (Wildman–Crippen MR) is 281 cm³/mol. The average molecular weight is 853 g/mol. The van der Waals surface area contributed by atoms with Crippen LogP contribution in [-0.2, 0) is 5.41 Å². The third kappa shape index (κ3) is 6.18. The van der Waals surface area contributed by atoms with Gasteiger partial charge in [0.2, 0.25) is 0 Å². The molecular formula is C65H44N2. The van der Waals surface area contributed by atoms with Gasteiger partial charge >= 0.3 is 0 Å². The first-order chi connectivity index (χ1) is 33.2. The van der Waals surface area contributed by atoms with E-state index in [1.165, 1.54) is 88.2 Å². The smallest absolute Gasteiger partial charge is 0.0714 e. The molecule has 2 heteroatoms. The second-order valence-electron chi connectivity index (χ2n) is 17.6. The third-order valence-corrected chi connectivity index (χ3v) is 14.1. The van der Waals surface area contributed by atoms with Crippen molar-refractivity contribution in [2.24, 2.45) is 0 Å². The number of hydrogen-bond donors (Lipinski definition) is 0. The second kappa shape index (κ2) is 15.8. The molecule has 0 atom stereocenters. The van der Waals surface area contributed by atoms with Crippen molar-refractivity contribution < 1.29 is 0 Å². The van der Waals surface area contributed by atoms with Gasteiger partial charge in [0, 0.05) is 33.2 Å². The van der Waals surface area contributed by atoms with E-state index >= 15 is 0 Å². The molecule has 1 aliphatic carbocycles. The van der Waals surface area contributed by atoms with Crippen LogP contribution in [0, 0.1) is 0 Å². The van der Waals surface area contributed by atoms with E-state index in [1.54, 1.807) is 0 Å². The molecule has 0 fully saturated rings. The van der Waals surface area contributed by atoms with Gasteiger partial charge in [-0.15, -0.1) is 0 Å². The van der Waals surface area contributed by atoms with Crippen LogP contribution in [0.1, 0.15) is 22.3 Å². The molecule has 0 bridgehead atoms. The quantitative estimate of drug-likeness (QED) is 0.148. The number of benzene rings is 11. The molecule has 314 valence electrons. The van der Waals surface area contributed by atoms with Gasteiger partial charge in [-0.2, -0.15) is 0 Å². The largest absolute Gasteiger partial charge is 0.310 e. The molecular weight excluding hydrogens is 809 g/mol. The first-order valence-electron chi connectivity index (χ1n) is 23.2. The van der Waals surface area contributed by atoms with Gasteiger partial charge in [0.15, 0.2) is 0 Å². The number of fused-ring (bicyclic) bond motifs is 7. The van der Waals surface area contributed by atoms with Crippen LogP contribution in [0.15, 0.2) is 267 Å². The molecule has 1 aliphatic rings. The minimum Gasteiger partial charge on any atom is -0.310 e. The van der Waals surface area contributed by atoms with Crippen LogP contribution in [0.2, 0.25) is 0 Å². The zero-order chi connectivity index (χ0) is 44.3. The van der Waals surface area contributed by atoms with Gasteiger partial charge in [0.25, 0.3) is 0 Å². The second-order valence-corrected chi connectivity index (χ2v) is 17.6. The Morgan fingerprint density at radius 1 is 0.313 bits per heavy atom. The fourth-order valence-electron chi connectivity index (χ4n) is 11.1. The number of nitrogens with zero attached hydrogens (tertiary/aromatic N) is 2. The van der Waals surface area contributed by atoms with Crippen LogP contribution in [0.3, 0.4) is 0 Å². The van der Waals surface area contributed by atoms with Crippen LogP contribution in [0.5, 0.6) is 0 Å². The summed E-state index contributed by atoms with van der Waals surface area (Å²) in [5.41, 5.74) is 18.8. The van der Waals surface area contributed by atoms with E-state index in [0.717, 1.165) is 22.7 Å². The fraction of sp³-hybridized carbons (Fsp3) is 0.0154. The summed E-state index contributed by atoms with van der Waals surface area (Å²) in [6.45, 7) is 0. The summed E-state index contributed by atoms with van der Waals surface area (Å²) in [4.78, 5) is 2.45. The highest BCUT2D eigenvalue weighted by Crippen LogP contribution is 2.57. The summed E-state index contributed by atoms with van der Waals surface area (Å²) < 4.78 is 2.39. The fourth-order valence-corrected chi connectivity index (χ4v) is 11.1. The molecule has 2 nitrogen and oxygen atoms in total. The van der Waals surface area contributed by atoms with Crippen molar-refractivity contribution in [1.29, 1.82) is 0 Å². The van der Waals surface area contributed by atoms with Crippen LogP contribution in [-0.4, -0.2) is 4.57 Å². The van der Waals surface area contributed by atoms with Crippen molar-refractivity contribution >= 4 is 49.6 Å². The average Bonchev–Trinajstić information content (AvgIpc) is 3.90. The Morgan fingerprint density at radius 2 is 0.866 bits per heavy atom. The van der Waals surface area contributed by atoms with E-state index in [0.29, 0.717) is 0 Å². The summed E-state index contributed by atoms with van der Waals surface area (Å²) in [5, 5.41) is 4.92. The molecule has 11 aromatic carbocycles. The lowest BCUT2D eigenvalue weighted by molar-refractivity contribution is 0.768. The number of hydrogen-bond acceptors (Lipinski definition) is 1. The standard InChI is InChI=1S/C65H44N2/c1-4-22-50(23-5-1)65(51-24-6-2-7-25-51)60-31-14-12-29-56(60)57-41-39-54(44-61(57)65)66(62-33-17-19-46-18-10-11-28-55(46)62)53-37-34-45(35-38-53)47-20-16-21-48(42-47)49-36-40-59-58-30-13-15-32-63(58)67(64(59)43-49)52-26-8-3-9-27-52/h1-44H. The monoisotopic (exact) mass is 852 g/mol. The topological polar surface area (TPSA) is 8.17 Å². The van der Waals surface area contributed by atoms with Crippen LogP contribution in [0.25, 0.3) is 71.6 Å². The zero-order valence-electron chi connectivity index (χ0n) is 36.8. The predicted octanol–water partition coefficient (Wildman–Crippen LogP) is 17.1. The molecule has 0 spiro atoms. The molecule has 0 saturated heterocycles.